The Balaban J connectivity index is 1.40. The number of hydrogen-bond acceptors (Lipinski definition) is 7. The van der Waals surface area contributed by atoms with Crippen LogP contribution in [0.4, 0.5) is 9.80 Å². The van der Waals surface area contributed by atoms with Crippen molar-refractivity contribution < 1.29 is 14.3 Å². The van der Waals surface area contributed by atoms with Crippen molar-refractivity contribution in [2.75, 3.05) is 11.9 Å². The Labute approximate surface area is 195 Å². The highest BCUT2D eigenvalue weighted by atomic mass is 32.1. The highest BCUT2D eigenvalue weighted by molar-refractivity contribution is 7.16. The second kappa shape index (κ2) is 9.83. The van der Waals surface area contributed by atoms with E-state index in [2.05, 4.69) is 21.4 Å². The lowest BCUT2D eigenvalue weighted by Crippen LogP contribution is -2.36. The first-order valence-electron chi connectivity index (χ1n) is 10.6. The van der Waals surface area contributed by atoms with Crippen LogP contribution < -0.4 is 5.32 Å². The van der Waals surface area contributed by atoms with Gasteiger partial charge in [-0.1, -0.05) is 13.0 Å². The fourth-order valence-corrected chi connectivity index (χ4v) is 4.99. The maximum atomic E-state index is 12.6. The average molecular weight is 465 g/mol. The lowest BCUT2D eigenvalue weighted by Gasteiger charge is -2.26. The Kier molecular flexibility index (Phi) is 6.70. The van der Waals surface area contributed by atoms with Gasteiger partial charge in [0.05, 0.1) is 12.1 Å². The lowest BCUT2D eigenvalue weighted by molar-refractivity contribution is -0.116. The van der Waals surface area contributed by atoms with Gasteiger partial charge in [0.1, 0.15) is 16.9 Å². The first-order valence-corrected chi connectivity index (χ1v) is 11.4. The quantitative estimate of drug-likeness (QED) is 0.597. The van der Waals surface area contributed by atoms with Crippen LogP contribution in [0.3, 0.4) is 0 Å². The molecular weight excluding hydrogens is 440 g/mol. The van der Waals surface area contributed by atoms with Gasteiger partial charge in [-0.15, -0.1) is 11.3 Å². The van der Waals surface area contributed by atoms with Crippen LogP contribution in [0.2, 0.25) is 0 Å². The van der Waals surface area contributed by atoms with E-state index in [-0.39, 0.29) is 24.9 Å². The predicted molar refractivity (Wildman–Crippen MR) is 122 cm³/mol. The smallest absolute Gasteiger partial charge is 0.410 e. The Bertz CT molecular complexity index is 1200. The molecule has 170 valence electrons. The van der Waals surface area contributed by atoms with Crippen molar-refractivity contribution in [2.45, 2.75) is 38.8 Å². The summed E-state index contributed by atoms with van der Waals surface area (Å²) >= 11 is 1.34. The van der Waals surface area contributed by atoms with E-state index in [1.807, 2.05) is 26.1 Å². The number of aromatic nitrogens is 3. The van der Waals surface area contributed by atoms with Crippen molar-refractivity contribution in [3.63, 3.8) is 0 Å². The molecule has 4 heterocycles. The Morgan fingerprint density at radius 2 is 2.24 bits per heavy atom. The molecule has 0 saturated heterocycles. The van der Waals surface area contributed by atoms with E-state index in [0.717, 1.165) is 16.0 Å². The zero-order valence-electron chi connectivity index (χ0n) is 18.4. The zero-order valence-corrected chi connectivity index (χ0v) is 19.3. The Morgan fingerprint density at radius 1 is 1.39 bits per heavy atom. The highest BCUT2D eigenvalue weighted by Crippen LogP contribution is 2.37. The highest BCUT2D eigenvalue weighted by Gasteiger charge is 2.28. The molecule has 3 aromatic heterocycles. The van der Waals surface area contributed by atoms with Gasteiger partial charge >= 0.3 is 6.09 Å². The number of ether oxygens (including phenoxy) is 1. The van der Waals surface area contributed by atoms with Gasteiger partial charge in [0.2, 0.25) is 5.91 Å². The fourth-order valence-electron chi connectivity index (χ4n) is 3.76. The molecule has 0 fully saturated rings. The van der Waals surface area contributed by atoms with Crippen LogP contribution in [-0.4, -0.2) is 38.0 Å². The van der Waals surface area contributed by atoms with Gasteiger partial charge < -0.3 is 19.5 Å². The topological polar surface area (TPSA) is 113 Å². The van der Waals surface area contributed by atoms with E-state index in [1.165, 1.54) is 11.3 Å². The van der Waals surface area contributed by atoms with Crippen LogP contribution >= 0.6 is 11.3 Å². The number of hydrogen-bond donors (Lipinski definition) is 1. The summed E-state index contributed by atoms with van der Waals surface area (Å²) in [6.45, 7) is 2.85. The maximum Gasteiger partial charge on any atom is 0.410 e. The summed E-state index contributed by atoms with van der Waals surface area (Å²) in [6, 6.07) is 6.01. The van der Waals surface area contributed by atoms with Crippen molar-refractivity contribution in [1.29, 1.82) is 5.26 Å². The summed E-state index contributed by atoms with van der Waals surface area (Å²) in [6.07, 6.45) is 7.29. The summed E-state index contributed by atoms with van der Waals surface area (Å²) in [5.41, 5.74) is 2.36. The molecule has 1 aliphatic heterocycles. The van der Waals surface area contributed by atoms with E-state index in [9.17, 15) is 14.9 Å². The monoisotopic (exact) mass is 464 g/mol. The first-order chi connectivity index (χ1) is 16.0. The minimum absolute atomic E-state index is 0.00259. The second-order valence-corrected chi connectivity index (χ2v) is 9.05. The van der Waals surface area contributed by atoms with Gasteiger partial charge in [-0.2, -0.15) is 5.26 Å². The lowest BCUT2D eigenvalue weighted by atomic mass is 9.99. The van der Waals surface area contributed by atoms with E-state index in [4.69, 9.17) is 4.74 Å². The molecule has 0 radical (unpaired) electrons. The van der Waals surface area contributed by atoms with Crippen molar-refractivity contribution in [2.24, 2.45) is 7.05 Å². The Hall–Kier alpha value is -3.71. The van der Waals surface area contributed by atoms with Crippen LogP contribution in [0.25, 0.3) is 0 Å². The molecule has 1 unspecified atom stereocenters. The molecule has 1 aliphatic rings. The Morgan fingerprint density at radius 3 is 2.94 bits per heavy atom. The number of imidazole rings is 1. The normalized spacial score (nSPS) is 13.7. The van der Waals surface area contributed by atoms with Gasteiger partial charge in [-0.25, -0.2) is 9.78 Å². The molecule has 3 aromatic rings. The van der Waals surface area contributed by atoms with Crippen molar-refractivity contribution in [1.82, 2.24) is 19.4 Å². The number of amides is 2. The van der Waals surface area contributed by atoms with Gasteiger partial charge in [0, 0.05) is 49.7 Å². The minimum Gasteiger partial charge on any atom is -0.441 e. The number of fused-ring (bicyclic) bond motifs is 1. The third-order valence-electron chi connectivity index (χ3n) is 5.67. The van der Waals surface area contributed by atoms with Crippen molar-refractivity contribution in [3.05, 3.63) is 64.3 Å². The van der Waals surface area contributed by atoms with Crippen LogP contribution in [0.1, 0.15) is 46.7 Å². The predicted octanol–water partition coefficient (Wildman–Crippen LogP) is 3.58. The number of rotatable bonds is 6. The van der Waals surface area contributed by atoms with Crippen molar-refractivity contribution in [3.8, 4) is 6.07 Å². The molecule has 1 atom stereocenters. The van der Waals surface area contributed by atoms with Crippen LogP contribution in [0.5, 0.6) is 0 Å². The molecule has 10 heteroatoms. The number of nitriles is 1. The molecule has 1 N–H and O–H groups in total. The second-order valence-electron chi connectivity index (χ2n) is 7.94. The third-order valence-corrected chi connectivity index (χ3v) is 6.80. The molecule has 33 heavy (non-hydrogen) atoms. The fraction of sp³-hybridized carbons (Fsp3) is 0.348. The number of aryl methyl sites for hydroxylation is 1. The van der Waals surface area contributed by atoms with Crippen LogP contribution in [0, 0.1) is 11.3 Å². The number of thiophene rings is 1. The summed E-state index contributed by atoms with van der Waals surface area (Å²) in [5, 5.41) is 13.2. The standard InChI is InChI=1S/C23H24N6O3S/c1-15(16-4-3-6-25-12-16)10-21(30)27-22-18(11-24)17-5-8-29(13-19(17)33-22)23(31)32-14-20-26-7-9-28(20)2/h3-4,6-7,9,12,15H,5,8,10,13-14H2,1-2H3,(H,27,30). The molecule has 0 bridgehead atoms. The molecular formula is C23H24N6O3S. The number of pyridine rings is 1. The van der Waals surface area contributed by atoms with E-state index >= 15 is 0 Å². The summed E-state index contributed by atoms with van der Waals surface area (Å²) in [5.74, 6) is 0.505. The molecule has 0 aliphatic carbocycles. The largest absolute Gasteiger partial charge is 0.441 e. The molecule has 4 rings (SSSR count). The maximum absolute atomic E-state index is 12.6. The third kappa shape index (κ3) is 5.04. The van der Waals surface area contributed by atoms with E-state index < -0.39 is 6.09 Å². The van der Waals surface area contributed by atoms with E-state index in [1.54, 1.807) is 34.3 Å². The SMILES string of the molecule is CC(CC(=O)Nc1sc2c(c1C#N)CCN(C(=O)OCc1nccn1C)C2)c1cccnc1. The number of nitrogens with zero attached hydrogens (tertiary/aromatic N) is 5. The van der Waals surface area contributed by atoms with Gasteiger partial charge in [0.25, 0.3) is 0 Å². The molecule has 0 saturated carbocycles. The van der Waals surface area contributed by atoms with E-state index in [0.29, 0.717) is 35.9 Å². The molecule has 0 spiro atoms. The van der Waals surface area contributed by atoms with Crippen LogP contribution in [-0.2, 0) is 36.2 Å². The summed E-state index contributed by atoms with van der Waals surface area (Å²) in [4.78, 5) is 35.9. The van der Waals surface area contributed by atoms with Gasteiger partial charge in [-0.3, -0.25) is 9.78 Å². The summed E-state index contributed by atoms with van der Waals surface area (Å²) in [7, 11) is 1.84. The first kappa shape index (κ1) is 22.5. The average Bonchev–Trinajstić information content (AvgIpc) is 3.39. The number of anilines is 1. The number of carbonyl (C=O) groups excluding carboxylic acids is 2. The summed E-state index contributed by atoms with van der Waals surface area (Å²) < 4.78 is 7.20. The number of carbonyl (C=O) groups is 2. The van der Waals surface area contributed by atoms with Crippen molar-refractivity contribution >= 4 is 28.3 Å². The number of nitrogens with one attached hydrogen (secondary N) is 1. The molecule has 0 aromatic carbocycles. The van der Waals surface area contributed by atoms with Gasteiger partial charge in [-0.05, 0) is 29.5 Å². The zero-order chi connectivity index (χ0) is 23.4. The van der Waals surface area contributed by atoms with Crippen LogP contribution in [0.15, 0.2) is 36.9 Å². The molecule has 9 nitrogen and oxygen atoms in total. The van der Waals surface area contributed by atoms with Gasteiger partial charge in [0.15, 0.2) is 6.61 Å². The minimum atomic E-state index is -0.425. The molecule has 2 amide bonds.